The van der Waals surface area contributed by atoms with Crippen molar-refractivity contribution >= 4 is 22.9 Å². The monoisotopic (exact) mass is 315 g/mol. The van der Waals surface area contributed by atoms with Crippen molar-refractivity contribution in [3.05, 3.63) is 30.1 Å². The Hall–Kier alpha value is -2.37. The second-order valence-electron chi connectivity index (χ2n) is 6.36. The fourth-order valence-corrected chi connectivity index (χ4v) is 2.70. The zero-order valence-corrected chi connectivity index (χ0v) is 13.4. The normalized spacial score (nSPS) is 17.0. The summed E-state index contributed by atoms with van der Waals surface area (Å²) in [5.41, 5.74) is 0.546. The third-order valence-corrected chi connectivity index (χ3v) is 4.52. The molecule has 6 heteroatoms. The van der Waals surface area contributed by atoms with Crippen LogP contribution in [0.2, 0.25) is 0 Å². The zero-order valence-electron chi connectivity index (χ0n) is 13.4. The van der Waals surface area contributed by atoms with Gasteiger partial charge in [0.15, 0.2) is 0 Å². The molecule has 1 fully saturated rings. The minimum Gasteiger partial charge on any atom is -0.480 e. The van der Waals surface area contributed by atoms with Gasteiger partial charge < -0.3 is 15.0 Å². The predicted octanol–water partition coefficient (Wildman–Crippen LogP) is 2.28. The van der Waals surface area contributed by atoms with Crippen molar-refractivity contribution in [3.63, 3.8) is 0 Å². The zero-order chi connectivity index (χ0) is 16.6. The first-order valence-electron chi connectivity index (χ1n) is 7.94. The van der Waals surface area contributed by atoms with Gasteiger partial charge in [0.05, 0.1) is 11.0 Å². The van der Waals surface area contributed by atoms with Crippen LogP contribution in [-0.4, -0.2) is 32.1 Å². The van der Waals surface area contributed by atoms with Gasteiger partial charge in [-0.25, -0.2) is 9.78 Å². The molecule has 6 nitrogen and oxygen atoms in total. The highest BCUT2D eigenvalue weighted by Gasteiger charge is 2.34. The summed E-state index contributed by atoms with van der Waals surface area (Å²) in [7, 11) is 0. The van der Waals surface area contributed by atoms with E-state index < -0.39 is 11.5 Å². The Morgan fingerprint density at radius 2 is 2.09 bits per heavy atom. The van der Waals surface area contributed by atoms with Crippen molar-refractivity contribution in [1.82, 2.24) is 14.9 Å². The van der Waals surface area contributed by atoms with Gasteiger partial charge in [0.1, 0.15) is 17.9 Å². The lowest BCUT2D eigenvalue weighted by atomic mass is 9.99. The predicted molar refractivity (Wildman–Crippen MR) is 86.2 cm³/mol. The molecule has 2 aromatic rings. The highest BCUT2D eigenvalue weighted by atomic mass is 16.4. The van der Waals surface area contributed by atoms with Crippen LogP contribution in [0.4, 0.5) is 0 Å². The molecule has 0 aliphatic heterocycles. The Kier molecular flexibility index (Phi) is 3.83. The van der Waals surface area contributed by atoms with E-state index in [0.29, 0.717) is 12.3 Å². The molecule has 2 N–H and O–H groups in total. The van der Waals surface area contributed by atoms with Gasteiger partial charge in [-0.1, -0.05) is 19.1 Å². The number of carbonyl (C=O) groups is 2. The number of nitrogens with zero attached hydrogens (tertiary/aromatic N) is 2. The molecule has 1 amide bonds. The van der Waals surface area contributed by atoms with Gasteiger partial charge in [-0.15, -0.1) is 0 Å². The van der Waals surface area contributed by atoms with Crippen LogP contribution >= 0.6 is 0 Å². The molecule has 1 aromatic heterocycles. The summed E-state index contributed by atoms with van der Waals surface area (Å²) in [6.45, 7) is 3.37. The molecule has 1 heterocycles. The maximum absolute atomic E-state index is 12.4. The summed E-state index contributed by atoms with van der Waals surface area (Å²) in [4.78, 5) is 28.4. The van der Waals surface area contributed by atoms with Gasteiger partial charge in [0.25, 0.3) is 0 Å². The Labute approximate surface area is 134 Å². The fraction of sp³-hybridized carbons (Fsp3) is 0.471. The van der Waals surface area contributed by atoms with Gasteiger partial charge in [-0.2, -0.15) is 0 Å². The van der Waals surface area contributed by atoms with Crippen LogP contribution in [0.25, 0.3) is 11.0 Å². The molecule has 1 saturated carbocycles. The summed E-state index contributed by atoms with van der Waals surface area (Å²) in [6, 6.07) is 7.72. The van der Waals surface area contributed by atoms with Crippen LogP contribution in [0, 0.1) is 0 Å². The van der Waals surface area contributed by atoms with Gasteiger partial charge in [-0.05, 0) is 38.3 Å². The number of nitrogens with one attached hydrogen (secondary N) is 1. The first-order valence-corrected chi connectivity index (χ1v) is 7.94. The molecule has 1 atom stereocenters. The number of aliphatic carboxylic acids is 1. The number of hydrogen-bond donors (Lipinski definition) is 2. The summed E-state index contributed by atoms with van der Waals surface area (Å²) in [5, 5.41) is 11.9. The van der Waals surface area contributed by atoms with E-state index >= 15 is 0 Å². The van der Waals surface area contributed by atoms with Crippen LogP contribution in [0.5, 0.6) is 0 Å². The molecule has 122 valence electrons. The third kappa shape index (κ3) is 2.93. The average molecular weight is 315 g/mol. The number of carboxylic acids is 1. The van der Waals surface area contributed by atoms with Crippen molar-refractivity contribution in [1.29, 1.82) is 0 Å². The van der Waals surface area contributed by atoms with Crippen LogP contribution in [-0.2, 0) is 16.1 Å². The summed E-state index contributed by atoms with van der Waals surface area (Å²) in [6.07, 6.45) is 2.51. The number of fused-ring (bicyclic) bond motifs is 1. The van der Waals surface area contributed by atoms with E-state index in [2.05, 4.69) is 10.3 Å². The van der Waals surface area contributed by atoms with E-state index in [4.69, 9.17) is 0 Å². The van der Waals surface area contributed by atoms with Gasteiger partial charge in [0.2, 0.25) is 5.91 Å². The topological polar surface area (TPSA) is 84.2 Å². The number of aromatic nitrogens is 2. The molecule has 1 aliphatic rings. The SMILES string of the molecule is CC[C@](C)(NC(=O)Cn1c(C2CC2)nc2ccccc21)C(=O)O. The number of hydrogen-bond acceptors (Lipinski definition) is 3. The number of amides is 1. The number of rotatable bonds is 6. The van der Waals surface area contributed by atoms with E-state index in [1.165, 1.54) is 6.92 Å². The largest absolute Gasteiger partial charge is 0.480 e. The highest BCUT2D eigenvalue weighted by molar-refractivity contribution is 5.87. The first kappa shape index (κ1) is 15.5. The first-order chi connectivity index (χ1) is 10.9. The highest BCUT2D eigenvalue weighted by Crippen LogP contribution is 2.40. The number of para-hydroxylation sites is 2. The molecular formula is C17H21N3O3. The molecular weight excluding hydrogens is 294 g/mol. The van der Waals surface area contributed by atoms with Crippen LogP contribution in [0.3, 0.4) is 0 Å². The summed E-state index contributed by atoms with van der Waals surface area (Å²) < 4.78 is 1.92. The van der Waals surface area contributed by atoms with Crippen molar-refractivity contribution in [2.75, 3.05) is 0 Å². The summed E-state index contributed by atoms with van der Waals surface area (Å²) in [5.74, 6) is 0.00941. The molecule has 0 spiro atoms. The summed E-state index contributed by atoms with van der Waals surface area (Å²) >= 11 is 0. The second-order valence-corrected chi connectivity index (χ2v) is 6.36. The van der Waals surface area contributed by atoms with Gasteiger partial charge in [-0.3, -0.25) is 4.79 Å². The lowest BCUT2D eigenvalue weighted by Gasteiger charge is -2.25. The third-order valence-electron chi connectivity index (χ3n) is 4.52. The maximum atomic E-state index is 12.4. The van der Waals surface area contributed by atoms with Crippen LogP contribution < -0.4 is 5.32 Å². The number of carbonyl (C=O) groups excluding carboxylic acids is 1. The Morgan fingerprint density at radius 1 is 1.39 bits per heavy atom. The number of benzene rings is 1. The molecule has 0 unspecified atom stereocenters. The maximum Gasteiger partial charge on any atom is 0.329 e. The van der Waals surface area contributed by atoms with E-state index in [9.17, 15) is 14.7 Å². The minimum atomic E-state index is -1.24. The average Bonchev–Trinajstić information content (AvgIpc) is 3.30. The Morgan fingerprint density at radius 3 is 2.70 bits per heavy atom. The molecule has 1 aliphatic carbocycles. The molecule has 0 saturated heterocycles. The number of carboxylic acid groups (broad SMARTS) is 1. The van der Waals surface area contributed by atoms with Crippen LogP contribution in [0.1, 0.15) is 44.9 Å². The van der Waals surface area contributed by atoms with Gasteiger partial charge >= 0.3 is 5.97 Å². The molecule has 0 bridgehead atoms. The minimum absolute atomic E-state index is 0.0925. The van der Waals surface area contributed by atoms with Crippen molar-refractivity contribution in [2.45, 2.75) is 51.1 Å². The van der Waals surface area contributed by atoms with E-state index in [1.54, 1.807) is 6.92 Å². The van der Waals surface area contributed by atoms with Gasteiger partial charge in [0, 0.05) is 5.92 Å². The van der Waals surface area contributed by atoms with E-state index in [-0.39, 0.29) is 12.5 Å². The van der Waals surface area contributed by atoms with Crippen molar-refractivity contribution in [3.8, 4) is 0 Å². The lowest BCUT2D eigenvalue weighted by Crippen LogP contribution is -2.52. The Balaban J connectivity index is 1.87. The number of imidazole rings is 1. The smallest absolute Gasteiger partial charge is 0.329 e. The van der Waals surface area contributed by atoms with Crippen molar-refractivity contribution in [2.24, 2.45) is 0 Å². The molecule has 3 rings (SSSR count). The molecule has 23 heavy (non-hydrogen) atoms. The van der Waals surface area contributed by atoms with E-state index in [1.807, 2.05) is 28.8 Å². The van der Waals surface area contributed by atoms with E-state index in [0.717, 1.165) is 29.7 Å². The van der Waals surface area contributed by atoms with Crippen LogP contribution in [0.15, 0.2) is 24.3 Å². The standard InChI is InChI=1S/C17H21N3O3/c1-3-17(2,16(22)23)19-14(21)10-20-13-7-5-4-6-12(13)18-15(20)11-8-9-11/h4-7,11H,3,8-10H2,1-2H3,(H,19,21)(H,22,23)/t17-/m0/s1. The molecule has 0 radical (unpaired) electrons. The fourth-order valence-electron chi connectivity index (χ4n) is 2.70. The molecule has 1 aromatic carbocycles. The van der Waals surface area contributed by atoms with Crippen molar-refractivity contribution < 1.29 is 14.7 Å². The Bertz CT molecular complexity index is 764. The lowest BCUT2D eigenvalue weighted by molar-refractivity contribution is -0.147. The second kappa shape index (κ2) is 5.68. The quantitative estimate of drug-likeness (QED) is 0.856.